The lowest BCUT2D eigenvalue weighted by atomic mass is 10.2. The molecule has 0 saturated carbocycles. The Morgan fingerprint density at radius 2 is 2.08 bits per heavy atom. The molecule has 0 fully saturated rings. The first kappa shape index (κ1) is 17.4. The van der Waals surface area contributed by atoms with Crippen LogP contribution in [0.4, 0.5) is 5.69 Å². The minimum absolute atomic E-state index is 0.330. The van der Waals surface area contributed by atoms with Crippen LogP contribution in [-0.2, 0) is 6.54 Å². The minimum atomic E-state index is 0.330. The summed E-state index contributed by atoms with van der Waals surface area (Å²) < 4.78 is 11.4. The molecule has 2 N–H and O–H groups in total. The zero-order valence-electron chi connectivity index (χ0n) is 13.3. The number of halogens is 1. The first-order chi connectivity index (χ1) is 12.1. The molecule has 0 unspecified atom stereocenters. The summed E-state index contributed by atoms with van der Waals surface area (Å²) in [6.07, 6.45) is 0. The first-order valence-electron chi connectivity index (χ1n) is 7.41. The molecule has 0 saturated heterocycles. The van der Waals surface area contributed by atoms with Crippen molar-refractivity contribution in [2.24, 2.45) is 0 Å². The fourth-order valence-electron chi connectivity index (χ4n) is 2.10. The van der Waals surface area contributed by atoms with Crippen LogP contribution in [0.5, 0.6) is 5.75 Å². The molecule has 6 nitrogen and oxygen atoms in total. The molecule has 2 aromatic carbocycles. The predicted molar refractivity (Wildman–Crippen MR) is 103 cm³/mol. The zero-order chi connectivity index (χ0) is 17.6. The maximum atomic E-state index is 5.27. The van der Waals surface area contributed by atoms with E-state index < -0.39 is 0 Å². The zero-order valence-corrected chi connectivity index (χ0v) is 15.7. The lowest BCUT2D eigenvalue weighted by Crippen LogP contribution is -2.28. The van der Waals surface area contributed by atoms with Gasteiger partial charge in [-0.05, 0) is 36.5 Å². The summed E-state index contributed by atoms with van der Waals surface area (Å²) in [6.45, 7) is 0.330. The van der Waals surface area contributed by atoms with Gasteiger partial charge in [-0.25, -0.2) is 0 Å². The third kappa shape index (κ3) is 4.77. The van der Waals surface area contributed by atoms with Crippen LogP contribution in [-0.4, -0.2) is 22.4 Å². The first-order valence-corrected chi connectivity index (χ1v) is 8.61. The van der Waals surface area contributed by atoms with Gasteiger partial charge in [-0.1, -0.05) is 39.3 Å². The van der Waals surface area contributed by atoms with Gasteiger partial charge in [0.2, 0.25) is 11.7 Å². The molecule has 3 aromatic rings. The molecule has 25 heavy (non-hydrogen) atoms. The second-order valence-electron chi connectivity index (χ2n) is 5.06. The van der Waals surface area contributed by atoms with Crippen LogP contribution in [0.25, 0.3) is 11.4 Å². The van der Waals surface area contributed by atoms with E-state index in [9.17, 15) is 0 Å². The highest BCUT2D eigenvalue weighted by atomic mass is 79.9. The van der Waals surface area contributed by atoms with E-state index in [1.807, 2.05) is 48.5 Å². The molecule has 0 bridgehead atoms. The van der Waals surface area contributed by atoms with Gasteiger partial charge in [0.25, 0.3) is 0 Å². The normalized spacial score (nSPS) is 10.3. The van der Waals surface area contributed by atoms with E-state index in [1.165, 1.54) is 0 Å². The second-order valence-corrected chi connectivity index (χ2v) is 6.39. The second kappa shape index (κ2) is 8.09. The average Bonchev–Trinajstić information content (AvgIpc) is 3.09. The Bertz CT molecular complexity index is 884. The number of ether oxygens (including phenoxy) is 1. The van der Waals surface area contributed by atoms with Crippen molar-refractivity contribution in [2.45, 2.75) is 6.54 Å². The maximum Gasteiger partial charge on any atom is 0.246 e. The monoisotopic (exact) mass is 418 g/mol. The molecular weight excluding hydrogens is 404 g/mol. The number of hydrogen-bond acceptors (Lipinski definition) is 5. The summed E-state index contributed by atoms with van der Waals surface area (Å²) in [5.41, 5.74) is 1.71. The van der Waals surface area contributed by atoms with E-state index >= 15 is 0 Å². The van der Waals surface area contributed by atoms with Crippen molar-refractivity contribution < 1.29 is 9.26 Å². The molecule has 1 aromatic heterocycles. The number of rotatable bonds is 5. The van der Waals surface area contributed by atoms with E-state index in [4.69, 9.17) is 21.5 Å². The van der Waals surface area contributed by atoms with Gasteiger partial charge in [0, 0.05) is 21.8 Å². The minimum Gasteiger partial charge on any atom is -0.497 e. The van der Waals surface area contributed by atoms with Crippen LogP contribution in [0, 0.1) is 0 Å². The number of thiocarbonyl (C=S) groups is 1. The van der Waals surface area contributed by atoms with Gasteiger partial charge in [0.15, 0.2) is 5.11 Å². The van der Waals surface area contributed by atoms with Gasteiger partial charge in [0.05, 0.1) is 13.7 Å². The van der Waals surface area contributed by atoms with Crippen molar-refractivity contribution in [3.05, 3.63) is 58.9 Å². The van der Waals surface area contributed by atoms with Crippen LogP contribution >= 0.6 is 28.1 Å². The lowest BCUT2D eigenvalue weighted by molar-refractivity contribution is 0.376. The Balaban J connectivity index is 1.57. The summed E-state index contributed by atoms with van der Waals surface area (Å²) in [4.78, 5) is 4.36. The van der Waals surface area contributed by atoms with E-state index in [2.05, 4.69) is 36.7 Å². The molecule has 3 rings (SSSR count). The van der Waals surface area contributed by atoms with E-state index in [-0.39, 0.29) is 0 Å². The molecular formula is C17H15BrN4O2S. The Morgan fingerprint density at radius 3 is 2.88 bits per heavy atom. The molecule has 1 heterocycles. The highest BCUT2D eigenvalue weighted by molar-refractivity contribution is 9.10. The highest BCUT2D eigenvalue weighted by Crippen LogP contribution is 2.20. The van der Waals surface area contributed by atoms with Crippen molar-refractivity contribution in [1.82, 2.24) is 15.5 Å². The molecule has 8 heteroatoms. The van der Waals surface area contributed by atoms with Crippen LogP contribution in [0.15, 0.2) is 57.5 Å². The SMILES string of the molecule is COc1cccc(NC(=S)NCc2nc(-c3cccc(Br)c3)no2)c1. The summed E-state index contributed by atoms with van der Waals surface area (Å²) in [5, 5.41) is 10.6. The number of nitrogens with zero attached hydrogens (tertiary/aromatic N) is 2. The number of methoxy groups -OCH3 is 1. The average molecular weight is 419 g/mol. The number of benzene rings is 2. The van der Waals surface area contributed by atoms with Gasteiger partial charge < -0.3 is 19.9 Å². The Hall–Kier alpha value is -2.45. The Labute approximate surface area is 158 Å². The molecule has 0 radical (unpaired) electrons. The molecule has 0 aliphatic rings. The number of nitrogens with one attached hydrogen (secondary N) is 2. The van der Waals surface area contributed by atoms with Crippen LogP contribution in [0.1, 0.15) is 5.89 Å². The number of hydrogen-bond donors (Lipinski definition) is 2. The number of aromatic nitrogens is 2. The molecule has 0 aliphatic carbocycles. The maximum absolute atomic E-state index is 5.27. The summed E-state index contributed by atoms with van der Waals surface area (Å²) in [7, 11) is 1.62. The van der Waals surface area contributed by atoms with E-state index in [0.717, 1.165) is 21.5 Å². The molecule has 0 amide bonds. The largest absolute Gasteiger partial charge is 0.497 e. The van der Waals surface area contributed by atoms with Gasteiger partial charge in [-0.3, -0.25) is 0 Å². The topological polar surface area (TPSA) is 72.2 Å². The summed E-state index contributed by atoms with van der Waals surface area (Å²) in [5.74, 6) is 1.73. The standard InChI is InChI=1S/C17H15BrN4O2S/c1-23-14-7-3-6-13(9-14)20-17(25)19-10-15-21-16(22-24-15)11-4-2-5-12(18)8-11/h2-9H,10H2,1H3,(H2,19,20,25). The van der Waals surface area contributed by atoms with Gasteiger partial charge in [0.1, 0.15) is 5.75 Å². The van der Waals surface area contributed by atoms with Gasteiger partial charge >= 0.3 is 0 Å². The van der Waals surface area contributed by atoms with Crippen molar-refractivity contribution in [3.63, 3.8) is 0 Å². The van der Waals surface area contributed by atoms with Crippen molar-refractivity contribution >= 4 is 38.9 Å². The molecule has 0 atom stereocenters. The smallest absolute Gasteiger partial charge is 0.246 e. The van der Waals surface area contributed by atoms with Gasteiger partial charge in [-0.2, -0.15) is 4.98 Å². The fourth-order valence-corrected chi connectivity index (χ4v) is 2.69. The summed E-state index contributed by atoms with van der Waals surface area (Å²) >= 11 is 8.70. The fraction of sp³-hybridized carbons (Fsp3) is 0.118. The van der Waals surface area contributed by atoms with Gasteiger partial charge in [-0.15, -0.1) is 0 Å². The third-order valence-corrected chi connectivity index (χ3v) is 4.02. The van der Waals surface area contributed by atoms with Crippen molar-refractivity contribution in [3.8, 4) is 17.1 Å². The molecule has 0 aliphatic heterocycles. The molecule has 0 spiro atoms. The van der Waals surface area contributed by atoms with Crippen LogP contribution in [0.2, 0.25) is 0 Å². The van der Waals surface area contributed by atoms with Crippen molar-refractivity contribution in [2.75, 3.05) is 12.4 Å². The van der Waals surface area contributed by atoms with Crippen molar-refractivity contribution in [1.29, 1.82) is 0 Å². The lowest BCUT2D eigenvalue weighted by Gasteiger charge is -2.09. The third-order valence-electron chi connectivity index (χ3n) is 3.28. The molecule has 128 valence electrons. The highest BCUT2D eigenvalue weighted by Gasteiger charge is 2.09. The predicted octanol–water partition coefficient (Wildman–Crippen LogP) is 3.99. The quantitative estimate of drug-likeness (QED) is 0.606. The summed E-state index contributed by atoms with van der Waals surface area (Å²) in [6, 6.07) is 15.2. The Morgan fingerprint density at radius 1 is 1.24 bits per heavy atom. The number of anilines is 1. The van der Waals surface area contributed by atoms with Crippen LogP contribution in [0.3, 0.4) is 0 Å². The van der Waals surface area contributed by atoms with Crippen LogP contribution < -0.4 is 15.4 Å². The Kier molecular flexibility index (Phi) is 5.62. The van der Waals surface area contributed by atoms with E-state index in [1.54, 1.807) is 7.11 Å². The van der Waals surface area contributed by atoms with E-state index in [0.29, 0.717) is 23.4 Å².